The highest BCUT2D eigenvalue weighted by Gasteiger charge is 2.12. The number of nitrogens with zero attached hydrogens (tertiary/aromatic N) is 1. The largest absolute Gasteiger partial charge is 0.462 e. The highest BCUT2D eigenvalue weighted by atomic mass is 19.1. The van der Waals surface area contributed by atoms with Gasteiger partial charge in [0.15, 0.2) is 0 Å². The Balaban J connectivity index is 2.14. The van der Waals surface area contributed by atoms with Crippen LogP contribution in [0.5, 0.6) is 0 Å². The lowest BCUT2D eigenvalue weighted by Gasteiger charge is -2.06. The summed E-state index contributed by atoms with van der Waals surface area (Å²) in [4.78, 5) is 23.7. The van der Waals surface area contributed by atoms with E-state index in [0.29, 0.717) is 11.3 Å². The van der Waals surface area contributed by atoms with E-state index in [1.807, 2.05) is 0 Å². The first-order valence-corrected chi connectivity index (χ1v) is 7.50. The van der Waals surface area contributed by atoms with Crippen LogP contribution in [0.25, 0.3) is 6.08 Å². The molecule has 0 fully saturated rings. The van der Waals surface area contributed by atoms with Crippen molar-refractivity contribution in [1.82, 2.24) is 0 Å². The van der Waals surface area contributed by atoms with Gasteiger partial charge >= 0.3 is 5.97 Å². The van der Waals surface area contributed by atoms with E-state index in [-0.39, 0.29) is 17.7 Å². The Bertz CT molecular complexity index is 852. The zero-order valence-electron chi connectivity index (χ0n) is 13.5. The second-order valence-corrected chi connectivity index (χ2v) is 4.94. The average molecular weight is 338 g/mol. The zero-order chi connectivity index (χ0) is 18.2. The van der Waals surface area contributed by atoms with Crippen molar-refractivity contribution in [2.24, 2.45) is 0 Å². The van der Waals surface area contributed by atoms with Crippen LogP contribution >= 0.6 is 0 Å². The van der Waals surface area contributed by atoms with E-state index >= 15 is 0 Å². The van der Waals surface area contributed by atoms with Crippen LogP contribution < -0.4 is 5.32 Å². The standard InChI is InChI=1S/C19H15FN2O3/c1-2-25-19(24)13-7-9-16(10-8-13)22-18(23)15(12-21)11-14-5-3-4-6-17(14)20/h3-11H,2H2,1H3,(H,22,23)/b15-11-. The van der Waals surface area contributed by atoms with Gasteiger partial charge in [-0.3, -0.25) is 4.79 Å². The van der Waals surface area contributed by atoms with Crippen LogP contribution in [0.4, 0.5) is 10.1 Å². The van der Waals surface area contributed by atoms with Gasteiger partial charge < -0.3 is 10.1 Å². The van der Waals surface area contributed by atoms with Gasteiger partial charge in [-0.2, -0.15) is 5.26 Å². The number of rotatable bonds is 5. The van der Waals surface area contributed by atoms with Gasteiger partial charge in [-0.05, 0) is 43.3 Å². The summed E-state index contributed by atoms with van der Waals surface area (Å²) >= 11 is 0. The van der Waals surface area contributed by atoms with Gasteiger partial charge in [0.25, 0.3) is 5.91 Å². The molecule has 2 rings (SSSR count). The third-order valence-electron chi connectivity index (χ3n) is 3.22. The summed E-state index contributed by atoms with van der Waals surface area (Å²) in [6.45, 7) is 1.97. The number of hydrogen-bond acceptors (Lipinski definition) is 4. The summed E-state index contributed by atoms with van der Waals surface area (Å²) in [5, 5.41) is 11.7. The highest BCUT2D eigenvalue weighted by molar-refractivity contribution is 6.09. The quantitative estimate of drug-likeness (QED) is 0.514. The lowest BCUT2D eigenvalue weighted by molar-refractivity contribution is -0.112. The topological polar surface area (TPSA) is 79.2 Å². The number of halogens is 1. The molecule has 126 valence electrons. The first kappa shape index (κ1) is 17.9. The number of nitrogens with one attached hydrogen (secondary N) is 1. The highest BCUT2D eigenvalue weighted by Crippen LogP contribution is 2.15. The summed E-state index contributed by atoms with van der Waals surface area (Å²) < 4.78 is 18.5. The van der Waals surface area contributed by atoms with Crippen LogP contribution in [-0.2, 0) is 9.53 Å². The van der Waals surface area contributed by atoms with E-state index in [9.17, 15) is 14.0 Å². The molecule has 0 atom stereocenters. The third-order valence-corrected chi connectivity index (χ3v) is 3.22. The normalized spacial score (nSPS) is 10.7. The molecule has 0 heterocycles. The van der Waals surface area contributed by atoms with Crippen LogP contribution in [0.1, 0.15) is 22.8 Å². The number of esters is 1. The summed E-state index contributed by atoms with van der Waals surface area (Å²) in [5.74, 6) is -1.66. The molecule has 0 saturated heterocycles. The number of amides is 1. The van der Waals surface area contributed by atoms with Gasteiger partial charge in [0.05, 0.1) is 12.2 Å². The molecule has 6 heteroatoms. The Morgan fingerprint density at radius 1 is 1.20 bits per heavy atom. The molecule has 0 unspecified atom stereocenters. The Labute approximate surface area is 144 Å². The number of ether oxygens (including phenoxy) is 1. The summed E-state index contributed by atoms with van der Waals surface area (Å²) in [6, 6.07) is 13.6. The summed E-state index contributed by atoms with van der Waals surface area (Å²) in [7, 11) is 0. The molecule has 1 N–H and O–H groups in total. The maximum atomic E-state index is 13.6. The van der Waals surface area contributed by atoms with Crippen molar-refractivity contribution >= 4 is 23.6 Å². The molecule has 0 bridgehead atoms. The molecule has 2 aromatic rings. The number of nitriles is 1. The van der Waals surface area contributed by atoms with E-state index in [1.54, 1.807) is 19.1 Å². The van der Waals surface area contributed by atoms with Gasteiger partial charge in [-0.15, -0.1) is 0 Å². The number of anilines is 1. The van der Waals surface area contributed by atoms with Gasteiger partial charge in [0.2, 0.25) is 0 Å². The van der Waals surface area contributed by atoms with Crippen LogP contribution in [0.2, 0.25) is 0 Å². The van der Waals surface area contributed by atoms with E-state index in [0.717, 1.165) is 0 Å². The molecule has 0 aliphatic heterocycles. The van der Waals surface area contributed by atoms with Crippen LogP contribution in [0.15, 0.2) is 54.1 Å². The molecule has 25 heavy (non-hydrogen) atoms. The predicted octanol–water partition coefficient (Wildman–Crippen LogP) is 3.55. The second-order valence-electron chi connectivity index (χ2n) is 4.94. The molecule has 0 radical (unpaired) electrons. The Morgan fingerprint density at radius 3 is 2.48 bits per heavy atom. The second kappa shape index (κ2) is 8.41. The molecule has 0 aromatic heterocycles. The van der Waals surface area contributed by atoms with Gasteiger partial charge in [0.1, 0.15) is 17.5 Å². The third kappa shape index (κ3) is 4.75. The van der Waals surface area contributed by atoms with Crippen LogP contribution in [-0.4, -0.2) is 18.5 Å². The molecular weight excluding hydrogens is 323 g/mol. The first-order chi connectivity index (χ1) is 12.0. The average Bonchev–Trinajstić information content (AvgIpc) is 2.61. The van der Waals surface area contributed by atoms with Crippen molar-refractivity contribution in [2.45, 2.75) is 6.92 Å². The molecule has 5 nitrogen and oxygen atoms in total. The van der Waals surface area contributed by atoms with E-state index < -0.39 is 17.7 Å². The minimum Gasteiger partial charge on any atom is -0.462 e. The zero-order valence-corrected chi connectivity index (χ0v) is 13.5. The fourth-order valence-electron chi connectivity index (χ4n) is 2.00. The molecule has 0 saturated carbocycles. The molecule has 0 aliphatic rings. The lowest BCUT2D eigenvalue weighted by Crippen LogP contribution is -2.13. The maximum Gasteiger partial charge on any atom is 0.338 e. The number of carbonyl (C=O) groups is 2. The van der Waals surface area contributed by atoms with Gasteiger partial charge in [-0.25, -0.2) is 9.18 Å². The van der Waals surface area contributed by atoms with Gasteiger partial charge in [-0.1, -0.05) is 18.2 Å². The fourth-order valence-corrected chi connectivity index (χ4v) is 2.00. The SMILES string of the molecule is CCOC(=O)c1ccc(NC(=O)/C(C#N)=C\c2ccccc2F)cc1. The minimum absolute atomic E-state index is 0.145. The van der Waals surface area contributed by atoms with Crippen LogP contribution in [0, 0.1) is 17.1 Å². The van der Waals surface area contributed by atoms with Crippen molar-refractivity contribution in [3.05, 3.63) is 71.0 Å². The van der Waals surface area contributed by atoms with E-state index in [1.165, 1.54) is 48.5 Å². The first-order valence-electron chi connectivity index (χ1n) is 7.50. The Hall–Kier alpha value is -3.46. The smallest absolute Gasteiger partial charge is 0.338 e. The van der Waals surface area contributed by atoms with Crippen molar-refractivity contribution in [2.75, 3.05) is 11.9 Å². The monoisotopic (exact) mass is 338 g/mol. The number of benzene rings is 2. The molecule has 2 aromatic carbocycles. The predicted molar refractivity (Wildman–Crippen MR) is 91.0 cm³/mol. The molecule has 0 aliphatic carbocycles. The molecule has 0 spiro atoms. The van der Waals surface area contributed by atoms with E-state index in [4.69, 9.17) is 10.00 Å². The van der Waals surface area contributed by atoms with Gasteiger partial charge in [0, 0.05) is 11.3 Å². The number of carbonyl (C=O) groups excluding carboxylic acids is 2. The van der Waals surface area contributed by atoms with Crippen LogP contribution in [0.3, 0.4) is 0 Å². The molecule has 1 amide bonds. The maximum absolute atomic E-state index is 13.6. The summed E-state index contributed by atoms with van der Waals surface area (Å²) in [5.41, 5.74) is 0.654. The van der Waals surface area contributed by atoms with E-state index in [2.05, 4.69) is 5.32 Å². The minimum atomic E-state index is -0.672. The van der Waals surface area contributed by atoms with Crippen molar-refractivity contribution in [3.8, 4) is 6.07 Å². The fraction of sp³-hybridized carbons (Fsp3) is 0.105. The van der Waals surface area contributed by atoms with Crippen molar-refractivity contribution < 1.29 is 18.7 Å². The Morgan fingerprint density at radius 2 is 1.88 bits per heavy atom. The summed E-state index contributed by atoms with van der Waals surface area (Å²) in [6.07, 6.45) is 1.18. The number of hydrogen-bond donors (Lipinski definition) is 1. The Kier molecular flexibility index (Phi) is 6.02. The van der Waals surface area contributed by atoms with Crippen molar-refractivity contribution in [3.63, 3.8) is 0 Å². The molecular formula is C19H15FN2O3. The lowest BCUT2D eigenvalue weighted by atomic mass is 10.1. The van der Waals surface area contributed by atoms with Crippen molar-refractivity contribution in [1.29, 1.82) is 5.26 Å².